The summed E-state index contributed by atoms with van der Waals surface area (Å²) in [5.41, 5.74) is 4.96. The van der Waals surface area contributed by atoms with E-state index in [-0.39, 0.29) is 0 Å². The van der Waals surface area contributed by atoms with Gasteiger partial charge in [0.1, 0.15) is 0 Å². The second kappa shape index (κ2) is 5.38. The van der Waals surface area contributed by atoms with Crippen LogP contribution in [0.15, 0.2) is 78.9 Å². The molecule has 2 heteroatoms. The zero-order valence-electron chi connectivity index (χ0n) is 13.9. The molecular weight excluding hydrogens is 304 g/mol. The third kappa shape index (κ3) is 2.18. The van der Waals surface area contributed by atoms with Crippen LogP contribution in [0.1, 0.15) is 5.69 Å². The van der Waals surface area contributed by atoms with Crippen LogP contribution in [0.25, 0.3) is 43.8 Å². The average Bonchev–Trinajstić information content (AvgIpc) is 2.67. The average molecular weight is 320 g/mol. The van der Waals surface area contributed by atoms with Crippen LogP contribution in [0, 0.1) is 6.92 Å². The van der Waals surface area contributed by atoms with Gasteiger partial charge < -0.3 is 0 Å². The van der Waals surface area contributed by atoms with Gasteiger partial charge in [-0.3, -0.25) is 0 Å². The molecule has 1 aromatic heterocycles. The monoisotopic (exact) mass is 320 g/mol. The van der Waals surface area contributed by atoms with Crippen LogP contribution in [-0.2, 0) is 0 Å². The maximum absolute atomic E-state index is 4.98. The third-order valence-electron chi connectivity index (χ3n) is 4.78. The van der Waals surface area contributed by atoms with Crippen molar-refractivity contribution < 1.29 is 0 Å². The molecule has 0 aliphatic rings. The van der Waals surface area contributed by atoms with Crippen LogP contribution in [-0.4, -0.2) is 9.97 Å². The van der Waals surface area contributed by atoms with Gasteiger partial charge in [-0.15, -0.1) is 0 Å². The molecule has 0 fully saturated rings. The van der Waals surface area contributed by atoms with E-state index in [2.05, 4.69) is 78.9 Å². The standard InChI is InChI=1S/C23H16N2/c1-15-22(20-12-6-9-16-7-2-4-10-18(16)20)25-21-14-13-17-8-3-5-11-19(17)23(21)24-15/h2-14H,1H3. The fourth-order valence-electron chi connectivity index (χ4n) is 3.56. The number of benzene rings is 4. The molecule has 0 aliphatic heterocycles. The second-order valence-electron chi connectivity index (χ2n) is 6.34. The molecule has 2 nitrogen and oxygen atoms in total. The van der Waals surface area contributed by atoms with E-state index >= 15 is 0 Å². The third-order valence-corrected chi connectivity index (χ3v) is 4.78. The van der Waals surface area contributed by atoms with Gasteiger partial charge in [-0.05, 0) is 29.1 Å². The van der Waals surface area contributed by atoms with Gasteiger partial charge in [0.15, 0.2) is 0 Å². The highest BCUT2D eigenvalue weighted by Crippen LogP contribution is 2.31. The quantitative estimate of drug-likeness (QED) is 0.359. The molecule has 5 rings (SSSR count). The largest absolute Gasteiger partial charge is 0.249 e. The Kier molecular flexibility index (Phi) is 3.04. The summed E-state index contributed by atoms with van der Waals surface area (Å²) in [6.07, 6.45) is 0. The van der Waals surface area contributed by atoms with Crippen LogP contribution in [0.5, 0.6) is 0 Å². The van der Waals surface area contributed by atoms with E-state index in [0.717, 1.165) is 33.4 Å². The Morgan fingerprint density at radius 3 is 2.12 bits per heavy atom. The lowest BCUT2D eigenvalue weighted by molar-refractivity contribution is 1.20. The minimum atomic E-state index is 0.937. The first-order valence-corrected chi connectivity index (χ1v) is 8.45. The molecule has 0 atom stereocenters. The molecule has 0 radical (unpaired) electrons. The molecule has 4 aromatic carbocycles. The van der Waals surface area contributed by atoms with Crippen LogP contribution < -0.4 is 0 Å². The maximum atomic E-state index is 4.98. The van der Waals surface area contributed by atoms with Crippen LogP contribution in [0.3, 0.4) is 0 Å². The van der Waals surface area contributed by atoms with Crippen molar-refractivity contribution in [2.75, 3.05) is 0 Å². The fourth-order valence-corrected chi connectivity index (χ4v) is 3.56. The topological polar surface area (TPSA) is 25.8 Å². The van der Waals surface area contributed by atoms with Gasteiger partial charge in [0.2, 0.25) is 0 Å². The van der Waals surface area contributed by atoms with Gasteiger partial charge >= 0.3 is 0 Å². The van der Waals surface area contributed by atoms with Crippen molar-refractivity contribution >= 4 is 32.6 Å². The lowest BCUT2D eigenvalue weighted by Crippen LogP contribution is -1.95. The number of nitrogens with zero attached hydrogens (tertiary/aromatic N) is 2. The summed E-state index contributed by atoms with van der Waals surface area (Å²) in [5, 5.41) is 4.78. The molecule has 118 valence electrons. The van der Waals surface area contributed by atoms with Crippen molar-refractivity contribution in [3.8, 4) is 11.3 Å². The highest BCUT2D eigenvalue weighted by molar-refractivity contribution is 6.05. The molecule has 0 amide bonds. The number of hydrogen-bond acceptors (Lipinski definition) is 2. The summed E-state index contributed by atoms with van der Waals surface area (Å²) in [7, 11) is 0. The smallest absolute Gasteiger partial charge is 0.0968 e. The molecule has 0 bridgehead atoms. The normalized spacial score (nSPS) is 11.4. The molecule has 1 heterocycles. The second-order valence-corrected chi connectivity index (χ2v) is 6.34. The zero-order chi connectivity index (χ0) is 16.8. The van der Waals surface area contributed by atoms with Crippen LogP contribution in [0.2, 0.25) is 0 Å². The predicted molar refractivity (Wildman–Crippen MR) is 105 cm³/mol. The van der Waals surface area contributed by atoms with E-state index in [0.29, 0.717) is 0 Å². The van der Waals surface area contributed by atoms with Crippen LogP contribution in [0.4, 0.5) is 0 Å². The van der Waals surface area contributed by atoms with E-state index < -0.39 is 0 Å². The fraction of sp³-hybridized carbons (Fsp3) is 0.0435. The van der Waals surface area contributed by atoms with Crippen molar-refractivity contribution in [3.63, 3.8) is 0 Å². The van der Waals surface area contributed by atoms with Crippen molar-refractivity contribution in [2.24, 2.45) is 0 Å². The molecule has 0 spiro atoms. The minimum absolute atomic E-state index is 0.937. The van der Waals surface area contributed by atoms with Crippen LogP contribution >= 0.6 is 0 Å². The van der Waals surface area contributed by atoms with E-state index in [9.17, 15) is 0 Å². The van der Waals surface area contributed by atoms with Crippen molar-refractivity contribution in [1.29, 1.82) is 0 Å². The Morgan fingerprint density at radius 2 is 1.28 bits per heavy atom. The molecule has 0 saturated carbocycles. The SMILES string of the molecule is Cc1nc2c(ccc3ccccc32)nc1-c1cccc2ccccc12. The van der Waals surface area contributed by atoms with Gasteiger partial charge in [0.05, 0.1) is 22.4 Å². The molecule has 0 saturated heterocycles. The Hall–Kier alpha value is -3.26. The van der Waals surface area contributed by atoms with Crippen molar-refractivity contribution in [2.45, 2.75) is 6.92 Å². The molecule has 0 unspecified atom stereocenters. The molecular formula is C23H16N2. The highest BCUT2D eigenvalue weighted by atomic mass is 14.8. The lowest BCUT2D eigenvalue weighted by Gasteiger charge is -2.11. The Balaban J connectivity index is 1.85. The number of aryl methyl sites for hydroxylation is 1. The number of rotatable bonds is 1. The summed E-state index contributed by atoms with van der Waals surface area (Å²) in [6.45, 7) is 2.05. The van der Waals surface area contributed by atoms with E-state index in [1.807, 2.05) is 6.92 Å². The first kappa shape index (κ1) is 14.1. The first-order valence-electron chi connectivity index (χ1n) is 8.45. The molecule has 5 aromatic rings. The van der Waals surface area contributed by atoms with Crippen molar-refractivity contribution in [1.82, 2.24) is 9.97 Å². The first-order chi connectivity index (χ1) is 12.3. The summed E-state index contributed by atoms with van der Waals surface area (Å²) in [5.74, 6) is 0. The molecule has 0 aliphatic carbocycles. The number of aromatic nitrogens is 2. The predicted octanol–water partition coefficient (Wildman–Crippen LogP) is 5.91. The summed E-state index contributed by atoms with van der Waals surface area (Å²) < 4.78 is 0. The van der Waals surface area contributed by atoms with Gasteiger partial charge in [0.25, 0.3) is 0 Å². The minimum Gasteiger partial charge on any atom is -0.249 e. The summed E-state index contributed by atoms with van der Waals surface area (Å²) in [6, 6.07) is 27.3. The van der Waals surface area contributed by atoms with Gasteiger partial charge in [-0.1, -0.05) is 72.8 Å². The van der Waals surface area contributed by atoms with E-state index in [1.165, 1.54) is 16.2 Å². The van der Waals surface area contributed by atoms with Gasteiger partial charge in [-0.2, -0.15) is 0 Å². The van der Waals surface area contributed by atoms with Gasteiger partial charge in [-0.25, -0.2) is 9.97 Å². The zero-order valence-corrected chi connectivity index (χ0v) is 13.9. The highest BCUT2D eigenvalue weighted by Gasteiger charge is 2.12. The maximum Gasteiger partial charge on any atom is 0.0968 e. The lowest BCUT2D eigenvalue weighted by atomic mass is 10.0. The van der Waals surface area contributed by atoms with E-state index in [1.54, 1.807) is 0 Å². The molecule has 25 heavy (non-hydrogen) atoms. The number of hydrogen-bond donors (Lipinski definition) is 0. The van der Waals surface area contributed by atoms with Gasteiger partial charge in [0, 0.05) is 10.9 Å². The molecule has 0 N–H and O–H groups in total. The Morgan fingerprint density at radius 1 is 0.600 bits per heavy atom. The summed E-state index contributed by atoms with van der Waals surface area (Å²) in [4.78, 5) is 9.91. The Labute approximate surface area is 145 Å². The summed E-state index contributed by atoms with van der Waals surface area (Å²) >= 11 is 0. The Bertz CT molecular complexity index is 1250. The number of fused-ring (bicyclic) bond motifs is 4. The van der Waals surface area contributed by atoms with E-state index in [4.69, 9.17) is 9.97 Å². The van der Waals surface area contributed by atoms with Crippen molar-refractivity contribution in [3.05, 3.63) is 84.6 Å².